The maximum atomic E-state index is 13.2. The minimum atomic E-state index is -3.89. The topological polar surface area (TPSA) is 111 Å². The predicted octanol–water partition coefficient (Wildman–Crippen LogP) is 3.09. The van der Waals surface area contributed by atoms with Gasteiger partial charge in [0.15, 0.2) is 0 Å². The lowest BCUT2D eigenvalue weighted by atomic mass is 9.95. The molecule has 0 spiro atoms. The molecule has 1 aromatic carbocycles. The van der Waals surface area contributed by atoms with Gasteiger partial charge in [-0.2, -0.15) is 4.31 Å². The number of hydrogen-bond acceptors (Lipinski definition) is 8. The van der Waals surface area contributed by atoms with E-state index in [2.05, 4.69) is 5.32 Å². The summed E-state index contributed by atoms with van der Waals surface area (Å²) in [4.78, 5) is 26.9. The Morgan fingerprint density at radius 3 is 2.62 bits per heavy atom. The van der Waals surface area contributed by atoms with Crippen molar-refractivity contribution in [2.45, 2.75) is 37.5 Å². The normalized spacial score (nSPS) is 16.5. The van der Waals surface area contributed by atoms with Crippen molar-refractivity contribution in [2.75, 3.05) is 45.3 Å². The lowest BCUT2D eigenvalue weighted by Gasteiger charge is -2.26. The maximum absolute atomic E-state index is 13.2. The summed E-state index contributed by atoms with van der Waals surface area (Å²) in [6.45, 7) is 3.04. The second kappa shape index (κ2) is 10.4. The standard InChI is InChI=1S/C23H28N2O7S2/c1-3-32-23(27)20-16-6-4-5-7-18(16)33-22(20)24-21(26)15-8-9-17(30-2)19(14-15)34(28,29)25-10-12-31-13-11-25/h8-9,14H,3-7,10-13H2,1-2H3,(H,24,26). The molecule has 1 N–H and O–H groups in total. The molecule has 0 bridgehead atoms. The van der Waals surface area contributed by atoms with Crippen LogP contribution < -0.4 is 10.1 Å². The van der Waals surface area contributed by atoms with Crippen molar-refractivity contribution in [1.82, 2.24) is 4.31 Å². The molecule has 0 unspecified atom stereocenters. The molecule has 1 amide bonds. The molecule has 1 fully saturated rings. The van der Waals surface area contributed by atoms with E-state index in [1.807, 2.05) is 0 Å². The van der Waals surface area contributed by atoms with Gasteiger partial charge in [0.1, 0.15) is 15.6 Å². The third-order valence-corrected chi connectivity index (χ3v) is 9.02. The number of morpholine rings is 1. The zero-order chi connectivity index (χ0) is 24.3. The fourth-order valence-electron chi connectivity index (χ4n) is 4.19. The number of aryl methyl sites for hydroxylation is 1. The smallest absolute Gasteiger partial charge is 0.341 e. The molecular weight excluding hydrogens is 480 g/mol. The number of ether oxygens (including phenoxy) is 3. The summed E-state index contributed by atoms with van der Waals surface area (Å²) in [7, 11) is -2.50. The van der Waals surface area contributed by atoms with Crippen molar-refractivity contribution in [3.05, 3.63) is 39.8 Å². The first-order valence-electron chi connectivity index (χ1n) is 11.3. The van der Waals surface area contributed by atoms with Crippen LogP contribution in [0.1, 0.15) is 50.9 Å². The van der Waals surface area contributed by atoms with Crippen LogP contribution in [0.3, 0.4) is 0 Å². The van der Waals surface area contributed by atoms with Crippen LogP contribution in [0.4, 0.5) is 5.00 Å². The Morgan fingerprint density at radius 2 is 1.91 bits per heavy atom. The number of rotatable bonds is 7. The molecule has 1 aliphatic heterocycles. The summed E-state index contributed by atoms with van der Waals surface area (Å²) < 4.78 is 43.6. The number of fused-ring (bicyclic) bond motifs is 1. The first kappa shape index (κ1) is 24.6. The number of nitrogens with zero attached hydrogens (tertiary/aromatic N) is 1. The maximum Gasteiger partial charge on any atom is 0.341 e. The number of anilines is 1. The number of sulfonamides is 1. The largest absolute Gasteiger partial charge is 0.495 e. The van der Waals surface area contributed by atoms with Gasteiger partial charge >= 0.3 is 5.97 Å². The average Bonchev–Trinajstić information content (AvgIpc) is 3.22. The van der Waals surface area contributed by atoms with Gasteiger partial charge in [0.05, 0.1) is 32.5 Å². The van der Waals surface area contributed by atoms with Gasteiger partial charge in [-0.1, -0.05) is 0 Å². The molecule has 1 aliphatic carbocycles. The van der Waals surface area contributed by atoms with Gasteiger partial charge in [0.25, 0.3) is 5.91 Å². The van der Waals surface area contributed by atoms with E-state index in [-0.39, 0.29) is 35.9 Å². The van der Waals surface area contributed by atoms with Crippen molar-refractivity contribution in [3.8, 4) is 5.75 Å². The van der Waals surface area contributed by atoms with Crippen LogP contribution in [0.25, 0.3) is 0 Å². The predicted molar refractivity (Wildman–Crippen MR) is 127 cm³/mol. The van der Waals surface area contributed by atoms with E-state index in [0.717, 1.165) is 36.1 Å². The molecule has 1 aromatic heterocycles. The van der Waals surface area contributed by atoms with Gasteiger partial charge in [0, 0.05) is 23.5 Å². The Labute approximate surface area is 203 Å². The molecule has 0 radical (unpaired) electrons. The summed E-state index contributed by atoms with van der Waals surface area (Å²) in [5.41, 5.74) is 1.49. The molecule has 1 saturated heterocycles. The van der Waals surface area contributed by atoms with Crippen LogP contribution in [0.5, 0.6) is 5.75 Å². The van der Waals surface area contributed by atoms with Crippen LogP contribution in [0, 0.1) is 0 Å². The molecule has 0 atom stereocenters. The Kier molecular flexibility index (Phi) is 7.56. The molecule has 0 saturated carbocycles. The Hall–Kier alpha value is -2.47. The number of benzene rings is 1. The molecule has 4 rings (SSSR count). The molecule has 34 heavy (non-hydrogen) atoms. The van der Waals surface area contributed by atoms with Crippen LogP contribution in [-0.2, 0) is 32.3 Å². The molecule has 11 heteroatoms. The Balaban J connectivity index is 1.66. The summed E-state index contributed by atoms with van der Waals surface area (Å²) in [5.74, 6) is -0.811. The molecular formula is C23H28N2O7S2. The first-order chi connectivity index (χ1) is 16.4. The van der Waals surface area contributed by atoms with E-state index in [1.54, 1.807) is 6.92 Å². The number of thiophene rings is 1. The summed E-state index contributed by atoms with van der Waals surface area (Å²) in [6.07, 6.45) is 3.63. The van der Waals surface area contributed by atoms with Crippen LogP contribution in [0.15, 0.2) is 23.1 Å². The zero-order valence-electron chi connectivity index (χ0n) is 19.2. The lowest BCUT2D eigenvalue weighted by Crippen LogP contribution is -2.40. The van der Waals surface area contributed by atoms with Gasteiger partial charge in [0.2, 0.25) is 10.0 Å². The van der Waals surface area contributed by atoms with Crippen LogP contribution in [-0.4, -0.2) is 64.6 Å². The summed E-state index contributed by atoms with van der Waals surface area (Å²) in [6, 6.07) is 4.29. The van der Waals surface area contributed by atoms with Crippen LogP contribution in [0.2, 0.25) is 0 Å². The summed E-state index contributed by atoms with van der Waals surface area (Å²) >= 11 is 1.38. The van der Waals surface area contributed by atoms with Gasteiger partial charge in [-0.05, 0) is 56.4 Å². The van der Waals surface area contributed by atoms with E-state index in [9.17, 15) is 18.0 Å². The second-order valence-corrected chi connectivity index (χ2v) is 11.0. The highest BCUT2D eigenvalue weighted by atomic mass is 32.2. The number of hydrogen-bond donors (Lipinski definition) is 1. The second-order valence-electron chi connectivity index (χ2n) is 7.97. The molecule has 2 heterocycles. The minimum absolute atomic E-state index is 0.0827. The van der Waals surface area contributed by atoms with Crippen LogP contribution >= 0.6 is 11.3 Å². The highest BCUT2D eigenvalue weighted by molar-refractivity contribution is 7.89. The van der Waals surface area contributed by atoms with Crippen molar-refractivity contribution in [3.63, 3.8) is 0 Å². The van der Waals surface area contributed by atoms with Crippen molar-refractivity contribution in [2.24, 2.45) is 0 Å². The van der Waals surface area contributed by atoms with E-state index in [0.29, 0.717) is 23.8 Å². The van der Waals surface area contributed by atoms with E-state index < -0.39 is 21.9 Å². The number of nitrogens with one attached hydrogen (secondary N) is 1. The highest BCUT2D eigenvalue weighted by Gasteiger charge is 2.31. The van der Waals surface area contributed by atoms with Gasteiger partial charge in [-0.3, -0.25) is 4.79 Å². The van der Waals surface area contributed by atoms with Gasteiger partial charge in [-0.25, -0.2) is 13.2 Å². The SMILES string of the molecule is CCOC(=O)c1c(NC(=O)c2ccc(OC)c(S(=O)(=O)N3CCOCC3)c2)sc2c1CCCC2. The van der Waals surface area contributed by atoms with Gasteiger partial charge in [-0.15, -0.1) is 11.3 Å². The van der Waals surface area contributed by atoms with Crippen molar-refractivity contribution < 1.29 is 32.2 Å². The number of esters is 1. The molecule has 184 valence electrons. The van der Waals surface area contributed by atoms with E-state index in [1.165, 1.54) is 41.0 Å². The summed E-state index contributed by atoms with van der Waals surface area (Å²) in [5, 5.41) is 3.26. The Morgan fingerprint density at radius 1 is 1.18 bits per heavy atom. The lowest BCUT2D eigenvalue weighted by molar-refractivity contribution is 0.0526. The van der Waals surface area contributed by atoms with Gasteiger partial charge < -0.3 is 19.5 Å². The number of carbonyl (C=O) groups is 2. The molecule has 9 nitrogen and oxygen atoms in total. The van der Waals surface area contributed by atoms with E-state index in [4.69, 9.17) is 14.2 Å². The first-order valence-corrected chi connectivity index (χ1v) is 13.5. The third kappa shape index (κ3) is 4.83. The zero-order valence-corrected chi connectivity index (χ0v) is 20.9. The highest BCUT2D eigenvalue weighted by Crippen LogP contribution is 2.39. The Bertz CT molecular complexity index is 1180. The quantitative estimate of drug-likeness (QED) is 0.572. The fraction of sp³-hybridized carbons (Fsp3) is 0.478. The molecule has 2 aromatic rings. The monoisotopic (exact) mass is 508 g/mol. The van der Waals surface area contributed by atoms with Crippen molar-refractivity contribution >= 4 is 38.2 Å². The number of methoxy groups -OCH3 is 1. The number of carbonyl (C=O) groups excluding carboxylic acids is 2. The fourth-order valence-corrected chi connectivity index (χ4v) is 7.06. The third-order valence-electron chi connectivity index (χ3n) is 5.89. The molecule has 2 aliphatic rings. The number of amides is 1. The van der Waals surface area contributed by atoms with E-state index >= 15 is 0 Å². The average molecular weight is 509 g/mol. The van der Waals surface area contributed by atoms with Crippen molar-refractivity contribution in [1.29, 1.82) is 0 Å². The minimum Gasteiger partial charge on any atom is -0.495 e.